The highest BCUT2D eigenvalue weighted by molar-refractivity contribution is 14.0. The summed E-state index contributed by atoms with van der Waals surface area (Å²) in [5, 5.41) is 17.9. The lowest BCUT2D eigenvalue weighted by Gasteiger charge is -2.13. The van der Waals surface area contributed by atoms with Crippen molar-refractivity contribution in [2.45, 2.75) is 59.5 Å². The Morgan fingerprint density at radius 1 is 1.27 bits per heavy atom. The van der Waals surface area contributed by atoms with Crippen LogP contribution in [0.4, 0.5) is 0 Å². The van der Waals surface area contributed by atoms with E-state index in [-0.39, 0.29) is 29.4 Å². The third kappa shape index (κ3) is 6.82. The normalized spacial score (nSPS) is 12.0. The molecule has 0 aliphatic heterocycles. The van der Waals surface area contributed by atoms with Gasteiger partial charge in [-0.2, -0.15) is 0 Å². The molecule has 0 saturated carbocycles. The zero-order chi connectivity index (χ0) is 18.3. The van der Waals surface area contributed by atoms with E-state index in [0.29, 0.717) is 6.54 Å². The van der Waals surface area contributed by atoms with Gasteiger partial charge in [0.25, 0.3) is 0 Å². The van der Waals surface area contributed by atoms with E-state index < -0.39 is 0 Å². The number of aryl methyl sites for hydroxylation is 1. The Bertz CT molecular complexity index is 687. The monoisotopic (exact) mass is 491 g/mol. The molecule has 146 valence electrons. The minimum absolute atomic E-state index is 0. The van der Waals surface area contributed by atoms with Gasteiger partial charge in [-0.15, -0.1) is 45.5 Å². The number of rotatable bonds is 7. The first-order valence-electron chi connectivity index (χ1n) is 8.77. The topological polar surface area (TPSA) is 80.0 Å². The standard InChI is InChI=1S/C17H29N7S.HI/c1-6-14-23-21-12-24(14)9-8-19-16(18-7-2)20-10-13-11-25-15(22-13)17(3,4)5;/h11-12H,6-10H2,1-5H3,(H2,18,19,20);1H. The summed E-state index contributed by atoms with van der Waals surface area (Å²) in [7, 11) is 0. The molecule has 0 aromatic carbocycles. The molecule has 9 heteroatoms. The van der Waals surface area contributed by atoms with Crippen LogP contribution in [0.1, 0.15) is 51.1 Å². The van der Waals surface area contributed by atoms with E-state index in [9.17, 15) is 0 Å². The molecule has 2 N–H and O–H groups in total. The first-order chi connectivity index (χ1) is 11.9. The van der Waals surface area contributed by atoms with E-state index in [0.717, 1.165) is 48.5 Å². The SMILES string of the molecule is CCNC(=NCc1csc(C(C)(C)C)n1)NCCn1cnnc1CC.I. The van der Waals surface area contributed by atoms with Crippen LogP contribution in [0.5, 0.6) is 0 Å². The molecule has 0 spiro atoms. The summed E-state index contributed by atoms with van der Waals surface area (Å²) in [5.41, 5.74) is 1.10. The molecule has 0 saturated heterocycles. The number of thiazole rings is 1. The molecule has 2 heterocycles. The number of aromatic nitrogens is 4. The van der Waals surface area contributed by atoms with Gasteiger partial charge in [-0.05, 0) is 6.92 Å². The molecule has 26 heavy (non-hydrogen) atoms. The molecule has 7 nitrogen and oxygen atoms in total. The largest absolute Gasteiger partial charge is 0.357 e. The van der Waals surface area contributed by atoms with E-state index in [4.69, 9.17) is 4.98 Å². The van der Waals surface area contributed by atoms with Gasteiger partial charge < -0.3 is 15.2 Å². The van der Waals surface area contributed by atoms with Gasteiger partial charge in [0.05, 0.1) is 17.2 Å². The van der Waals surface area contributed by atoms with Crippen molar-refractivity contribution in [3.05, 3.63) is 28.2 Å². The van der Waals surface area contributed by atoms with Gasteiger partial charge in [0.1, 0.15) is 12.2 Å². The van der Waals surface area contributed by atoms with Crippen LogP contribution < -0.4 is 10.6 Å². The number of aliphatic imine (C=N–C) groups is 1. The second-order valence-electron chi connectivity index (χ2n) is 6.81. The molecule has 0 fully saturated rings. The third-order valence-corrected chi connectivity index (χ3v) is 4.91. The quantitative estimate of drug-likeness (QED) is 0.354. The average molecular weight is 491 g/mol. The van der Waals surface area contributed by atoms with Crippen LogP contribution in [0.3, 0.4) is 0 Å². The number of nitrogens with one attached hydrogen (secondary N) is 2. The molecule has 2 aromatic rings. The van der Waals surface area contributed by atoms with Crippen molar-refractivity contribution in [2.24, 2.45) is 4.99 Å². The Labute approximate surface area is 177 Å². The minimum atomic E-state index is 0. The molecule has 0 radical (unpaired) electrons. The second-order valence-corrected chi connectivity index (χ2v) is 7.67. The zero-order valence-corrected chi connectivity index (χ0v) is 19.4. The number of guanidine groups is 1. The van der Waals surface area contributed by atoms with Crippen LogP contribution in [0.25, 0.3) is 0 Å². The summed E-state index contributed by atoms with van der Waals surface area (Å²) >= 11 is 1.70. The summed E-state index contributed by atoms with van der Waals surface area (Å²) in [6.45, 7) is 13.7. The van der Waals surface area contributed by atoms with Crippen LogP contribution >= 0.6 is 35.3 Å². The van der Waals surface area contributed by atoms with Crippen molar-refractivity contribution in [3.8, 4) is 0 Å². The Morgan fingerprint density at radius 3 is 2.65 bits per heavy atom. The first-order valence-corrected chi connectivity index (χ1v) is 9.65. The number of halogens is 1. The zero-order valence-electron chi connectivity index (χ0n) is 16.2. The predicted octanol–water partition coefficient (Wildman–Crippen LogP) is 2.97. The lowest BCUT2D eigenvalue weighted by atomic mass is 9.98. The van der Waals surface area contributed by atoms with Gasteiger partial charge in [0.2, 0.25) is 0 Å². The fourth-order valence-electron chi connectivity index (χ4n) is 2.26. The van der Waals surface area contributed by atoms with E-state index in [1.165, 1.54) is 0 Å². The van der Waals surface area contributed by atoms with Gasteiger partial charge in [0, 0.05) is 36.9 Å². The summed E-state index contributed by atoms with van der Waals surface area (Å²) in [5.74, 6) is 1.81. The van der Waals surface area contributed by atoms with Gasteiger partial charge in [-0.1, -0.05) is 27.7 Å². The Hall–Kier alpha value is -1.23. The van der Waals surface area contributed by atoms with Crippen LogP contribution in [0.2, 0.25) is 0 Å². The van der Waals surface area contributed by atoms with Crippen molar-refractivity contribution < 1.29 is 0 Å². The summed E-state index contributed by atoms with van der Waals surface area (Å²) in [6.07, 6.45) is 2.65. The smallest absolute Gasteiger partial charge is 0.191 e. The molecule has 0 bridgehead atoms. The van der Waals surface area contributed by atoms with E-state index in [1.54, 1.807) is 17.7 Å². The molecule has 0 atom stereocenters. The number of nitrogens with zero attached hydrogens (tertiary/aromatic N) is 5. The Balaban J connectivity index is 0.00000338. The molecule has 0 aliphatic carbocycles. The molecule has 0 aliphatic rings. The van der Waals surface area contributed by atoms with Crippen molar-refractivity contribution in [1.29, 1.82) is 0 Å². The maximum absolute atomic E-state index is 4.69. The highest BCUT2D eigenvalue weighted by Gasteiger charge is 2.17. The fourth-order valence-corrected chi connectivity index (χ4v) is 3.16. The van der Waals surface area contributed by atoms with E-state index in [2.05, 4.69) is 70.4 Å². The minimum Gasteiger partial charge on any atom is -0.357 e. The van der Waals surface area contributed by atoms with E-state index in [1.807, 2.05) is 0 Å². The molecule has 0 amide bonds. The number of hydrogen-bond donors (Lipinski definition) is 2. The first kappa shape index (κ1) is 22.8. The lowest BCUT2D eigenvalue weighted by Crippen LogP contribution is -2.38. The second kappa shape index (κ2) is 10.8. The van der Waals surface area contributed by atoms with Crippen LogP contribution in [0, 0.1) is 0 Å². The van der Waals surface area contributed by atoms with Crippen LogP contribution in [-0.2, 0) is 24.9 Å². The summed E-state index contributed by atoms with van der Waals surface area (Å²) in [4.78, 5) is 9.33. The highest BCUT2D eigenvalue weighted by Crippen LogP contribution is 2.25. The van der Waals surface area contributed by atoms with Crippen molar-refractivity contribution in [3.63, 3.8) is 0 Å². The molecule has 2 aromatic heterocycles. The maximum atomic E-state index is 4.69. The van der Waals surface area contributed by atoms with Crippen molar-refractivity contribution in [1.82, 2.24) is 30.4 Å². The van der Waals surface area contributed by atoms with Gasteiger partial charge in [-0.25, -0.2) is 9.98 Å². The fraction of sp³-hybridized carbons (Fsp3) is 0.647. The van der Waals surface area contributed by atoms with Crippen molar-refractivity contribution in [2.75, 3.05) is 13.1 Å². The van der Waals surface area contributed by atoms with E-state index >= 15 is 0 Å². The van der Waals surface area contributed by atoms with Crippen LogP contribution in [-0.4, -0.2) is 38.8 Å². The molecular weight excluding hydrogens is 461 g/mol. The van der Waals surface area contributed by atoms with Gasteiger partial charge >= 0.3 is 0 Å². The molecular formula is C17H30IN7S. The van der Waals surface area contributed by atoms with Crippen LogP contribution in [0.15, 0.2) is 16.7 Å². The molecule has 0 unspecified atom stereocenters. The third-order valence-electron chi connectivity index (χ3n) is 3.59. The highest BCUT2D eigenvalue weighted by atomic mass is 127. The number of hydrogen-bond acceptors (Lipinski definition) is 5. The summed E-state index contributed by atoms with van der Waals surface area (Å²) in [6, 6.07) is 0. The van der Waals surface area contributed by atoms with Gasteiger partial charge in [0.15, 0.2) is 5.96 Å². The van der Waals surface area contributed by atoms with Crippen molar-refractivity contribution >= 4 is 41.3 Å². The molecule has 2 rings (SSSR count). The predicted molar refractivity (Wildman–Crippen MR) is 118 cm³/mol. The lowest BCUT2D eigenvalue weighted by molar-refractivity contribution is 0.583. The maximum Gasteiger partial charge on any atom is 0.191 e. The summed E-state index contributed by atoms with van der Waals surface area (Å²) < 4.78 is 2.06. The van der Waals surface area contributed by atoms with Gasteiger partial charge in [-0.3, -0.25) is 0 Å². The average Bonchev–Trinajstić information content (AvgIpc) is 3.21. The Morgan fingerprint density at radius 2 is 2.04 bits per heavy atom. The Kier molecular flexibility index (Phi) is 9.48.